The first kappa shape index (κ1) is 14.8. The van der Waals surface area contributed by atoms with Crippen LogP contribution in [0.2, 0.25) is 0 Å². The summed E-state index contributed by atoms with van der Waals surface area (Å²) in [6.07, 6.45) is -2.18. The third-order valence-corrected chi connectivity index (χ3v) is 4.12. The molecule has 17 heavy (non-hydrogen) atoms. The molecular formula is C13H24F3N. The second-order valence-corrected chi connectivity index (χ2v) is 5.91. The molecule has 1 atom stereocenters. The van der Waals surface area contributed by atoms with Crippen LogP contribution in [-0.4, -0.2) is 28.7 Å². The topological polar surface area (TPSA) is 3.24 Å². The van der Waals surface area contributed by atoms with Gasteiger partial charge in [0, 0.05) is 11.6 Å². The van der Waals surface area contributed by atoms with Gasteiger partial charge >= 0.3 is 6.18 Å². The van der Waals surface area contributed by atoms with Crippen LogP contribution in [0, 0.1) is 5.92 Å². The monoisotopic (exact) mass is 251 g/mol. The van der Waals surface area contributed by atoms with Gasteiger partial charge in [0.05, 0.1) is 0 Å². The van der Waals surface area contributed by atoms with Crippen molar-refractivity contribution >= 4 is 0 Å². The second-order valence-electron chi connectivity index (χ2n) is 5.91. The van der Waals surface area contributed by atoms with Crippen molar-refractivity contribution in [2.24, 2.45) is 5.92 Å². The number of halogens is 3. The Morgan fingerprint density at radius 3 is 1.88 bits per heavy atom. The molecule has 4 heteroatoms. The van der Waals surface area contributed by atoms with Gasteiger partial charge in [0.15, 0.2) is 0 Å². The van der Waals surface area contributed by atoms with E-state index in [2.05, 4.69) is 0 Å². The molecule has 1 rings (SSSR count). The van der Waals surface area contributed by atoms with Crippen LogP contribution in [0.25, 0.3) is 0 Å². The molecule has 1 nitrogen and oxygen atoms in total. The van der Waals surface area contributed by atoms with E-state index in [-0.39, 0.29) is 18.4 Å². The molecule has 1 aliphatic carbocycles. The average molecular weight is 251 g/mol. The molecular weight excluding hydrogens is 227 g/mol. The number of rotatable bonds is 5. The first-order valence-electron chi connectivity index (χ1n) is 6.47. The fourth-order valence-electron chi connectivity index (χ4n) is 2.36. The summed E-state index contributed by atoms with van der Waals surface area (Å²) in [7, 11) is 0. The molecule has 0 spiro atoms. The van der Waals surface area contributed by atoms with Crippen molar-refractivity contribution < 1.29 is 13.2 Å². The maximum Gasteiger partial charge on any atom is 0.404 e. The minimum absolute atomic E-state index is 0.124. The average Bonchev–Trinajstić information content (AvgIpc) is 2.94. The molecule has 0 aliphatic heterocycles. The molecule has 0 saturated heterocycles. The molecule has 0 aromatic rings. The van der Waals surface area contributed by atoms with E-state index >= 15 is 0 Å². The van der Waals surface area contributed by atoms with Crippen molar-refractivity contribution in [3.63, 3.8) is 0 Å². The van der Waals surface area contributed by atoms with Crippen molar-refractivity contribution in [2.75, 3.05) is 0 Å². The van der Waals surface area contributed by atoms with E-state index in [4.69, 9.17) is 0 Å². The van der Waals surface area contributed by atoms with Gasteiger partial charge in [0.1, 0.15) is 6.04 Å². The van der Waals surface area contributed by atoms with Crippen molar-refractivity contribution in [3.8, 4) is 0 Å². The first-order valence-corrected chi connectivity index (χ1v) is 6.47. The molecule has 1 saturated carbocycles. The summed E-state index contributed by atoms with van der Waals surface area (Å²) < 4.78 is 39.3. The van der Waals surface area contributed by atoms with Gasteiger partial charge in [-0.2, -0.15) is 13.2 Å². The number of alkyl halides is 3. The van der Waals surface area contributed by atoms with Crippen molar-refractivity contribution in [1.82, 2.24) is 4.90 Å². The fraction of sp³-hybridized carbons (Fsp3) is 1.00. The van der Waals surface area contributed by atoms with Gasteiger partial charge in [-0.1, -0.05) is 20.8 Å². The highest BCUT2D eigenvalue weighted by molar-refractivity contribution is 5.00. The molecule has 0 heterocycles. The molecule has 0 radical (unpaired) electrons. The SMILES string of the molecule is CC[C@H](N(C1CC1)C(C)(C)C(C)C)C(F)(F)F. The summed E-state index contributed by atoms with van der Waals surface area (Å²) >= 11 is 0. The molecule has 0 aromatic carbocycles. The van der Waals surface area contributed by atoms with Crippen LogP contribution in [0.5, 0.6) is 0 Å². The van der Waals surface area contributed by atoms with Crippen LogP contribution in [0.1, 0.15) is 53.9 Å². The van der Waals surface area contributed by atoms with Crippen LogP contribution < -0.4 is 0 Å². The summed E-state index contributed by atoms with van der Waals surface area (Å²) in [5, 5.41) is 0. The number of hydrogen-bond donors (Lipinski definition) is 0. The number of nitrogens with zero attached hydrogens (tertiary/aromatic N) is 1. The summed E-state index contributed by atoms with van der Waals surface area (Å²) in [4.78, 5) is 1.72. The van der Waals surface area contributed by atoms with Crippen LogP contribution in [0.3, 0.4) is 0 Å². The van der Waals surface area contributed by atoms with E-state index in [1.54, 1.807) is 11.8 Å². The van der Waals surface area contributed by atoms with E-state index in [1.807, 2.05) is 27.7 Å². The molecule has 1 aliphatic rings. The van der Waals surface area contributed by atoms with Gasteiger partial charge in [0.25, 0.3) is 0 Å². The molecule has 1 fully saturated rings. The predicted molar refractivity (Wildman–Crippen MR) is 63.9 cm³/mol. The van der Waals surface area contributed by atoms with Gasteiger partial charge in [-0.25, -0.2) is 0 Å². The third kappa shape index (κ3) is 3.15. The molecule has 0 amide bonds. The highest BCUT2D eigenvalue weighted by atomic mass is 19.4. The zero-order valence-corrected chi connectivity index (χ0v) is 11.4. The van der Waals surface area contributed by atoms with E-state index in [0.717, 1.165) is 12.8 Å². The second kappa shape index (κ2) is 4.79. The molecule has 0 aromatic heterocycles. The summed E-state index contributed by atoms with van der Waals surface area (Å²) in [5.74, 6) is 0.208. The Labute approximate surface area is 102 Å². The standard InChI is InChI=1S/C13H24F3N/c1-6-11(13(14,15)16)17(10-7-8-10)12(4,5)9(2)3/h9-11H,6-8H2,1-5H3/t11-/m0/s1. The lowest BCUT2D eigenvalue weighted by Crippen LogP contribution is -2.58. The summed E-state index contributed by atoms with van der Waals surface area (Å²) in [5.41, 5.74) is -0.405. The highest BCUT2D eigenvalue weighted by Gasteiger charge is 2.52. The zero-order chi connectivity index (χ0) is 13.4. The van der Waals surface area contributed by atoms with Crippen LogP contribution in [0.4, 0.5) is 13.2 Å². The third-order valence-electron chi connectivity index (χ3n) is 4.12. The fourth-order valence-corrected chi connectivity index (χ4v) is 2.36. The Morgan fingerprint density at radius 2 is 1.65 bits per heavy atom. The number of hydrogen-bond acceptors (Lipinski definition) is 1. The maximum atomic E-state index is 13.1. The van der Waals surface area contributed by atoms with Gasteiger partial charge in [-0.3, -0.25) is 4.90 Å². The lowest BCUT2D eigenvalue weighted by molar-refractivity contribution is -0.203. The summed E-state index contributed by atoms with van der Waals surface area (Å²) in [6.45, 7) is 9.50. The minimum Gasteiger partial charge on any atom is -0.284 e. The van der Waals surface area contributed by atoms with E-state index in [9.17, 15) is 13.2 Å². The van der Waals surface area contributed by atoms with E-state index < -0.39 is 17.8 Å². The quantitative estimate of drug-likeness (QED) is 0.707. The Bertz CT molecular complexity index is 254. The van der Waals surface area contributed by atoms with Gasteiger partial charge in [-0.15, -0.1) is 0 Å². The van der Waals surface area contributed by atoms with Crippen molar-refractivity contribution in [1.29, 1.82) is 0 Å². The van der Waals surface area contributed by atoms with Gasteiger partial charge in [0.2, 0.25) is 0 Å². The van der Waals surface area contributed by atoms with E-state index in [0.29, 0.717) is 0 Å². The normalized spacial score (nSPS) is 20.1. The predicted octanol–water partition coefficient (Wildman–Crippen LogP) is 4.23. The van der Waals surface area contributed by atoms with Crippen LogP contribution in [-0.2, 0) is 0 Å². The first-order chi connectivity index (χ1) is 7.62. The van der Waals surface area contributed by atoms with Gasteiger partial charge < -0.3 is 0 Å². The Morgan fingerprint density at radius 1 is 1.18 bits per heavy atom. The van der Waals surface area contributed by atoms with Crippen LogP contribution in [0.15, 0.2) is 0 Å². The van der Waals surface area contributed by atoms with E-state index in [1.165, 1.54) is 0 Å². The molecule has 0 bridgehead atoms. The Hall–Kier alpha value is -0.250. The van der Waals surface area contributed by atoms with Crippen LogP contribution >= 0.6 is 0 Å². The largest absolute Gasteiger partial charge is 0.404 e. The molecule has 0 N–H and O–H groups in total. The lowest BCUT2D eigenvalue weighted by atomic mass is 9.86. The molecule has 102 valence electrons. The molecule has 0 unspecified atom stereocenters. The lowest BCUT2D eigenvalue weighted by Gasteiger charge is -2.47. The Kier molecular flexibility index (Phi) is 4.17. The van der Waals surface area contributed by atoms with Gasteiger partial charge in [-0.05, 0) is 39.0 Å². The van der Waals surface area contributed by atoms with Crippen molar-refractivity contribution in [2.45, 2.75) is 77.7 Å². The summed E-state index contributed by atoms with van der Waals surface area (Å²) in [6, 6.07) is -1.17. The van der Waals surface area contributed by atoms with Crippen molar-refractivity contribution in [3.05, 3.63) is 0 Å². The Balaban J connectivity index is 2.99. The highest BCUT2D eigenvalue weighted by Crippen LogP contribution is 2.42. The minimum atomic E-state index is -4.12. The smallest absolute Gasteiger partial charge is 0.284 e. The maximum absolute atomic E-state index is 13.1. The zero-order valence-electron chi connectivity index (χ0n) is 11.4.